The first-order valence-electron chi connectivity index (χ1n) is 7.96. The third-order valence-electron chi connectivity index (χ3n) is 4.39. The zero-order valence-corrected chi connectivity index (χ0v) is 13.4. The lowest BCUT2D eigenvalue weighted by Crippen LogP contribution is -2.00. The lowest BCUT2D eigenvalue weighted by atomic mass is 9.91. The van der Waals surface area contributed by atoms with E-state index in [2.05, 4.69) is 64.1 Å². The Balaban J connectivity index is 2.11. The molecule has 1 heterocycles. The third kappa shape index (κ3) is 2.70. The van der Waals surface area contributed by atoms with Gasteiger partial charge in [-0.15, -0.1) is 0 Å². The molecule has 110 valence electrons. The highest BCUT2D eigenvalue weighted by Gasteiger charge is 2.17. The van der Waals surface area contributed by atoms with Crippen LogP contribution in [0.1, 0.15) is 56.2 Å². The number of fused-ring (bicyclic) bond motifs is 3. The van der Waals surface area contributed by atoms with Gasteiger partial charge in [-0.25, -0.2) is 0 Å². The van der Waals surface area contributed by atoms with E-state index < -0.39 is 0 Å². The van der Waals surface area contributed by atoms with Crippen molar-refractivity contribution >= 4 is 0 Å². The Hall–Kier alpha value is -1.76. The van der Waals surface area contributed by atoms with Crippen LogP contribution in [0.4, 0.5) is 0 Å². The fraction of sp³-hybridized carbons (Fsp3) is 0.400. The molecule has 1 aliphatic heterocycles. The summed E-state index contributed by atoms with van der Waals surface area (Å²) < 4.78 is 6.02. The van der Waals surface area contributed by atoms with Crippen LogP contribution in [0.25, 0.3) is 11.1 Å². The topological polar surface area (TPSA) is 9.23 Å². The molecule has 1 nitrogen and oxygen atoms in total. The van der Waals surface area contributed by atoms with Gasteiger partial charge in [0, 0.05) is 12.0 Å². The van der Waals surface area contributed by atoms with E-state index in [-0.39, 0.29) is 0 Å². The van der Waals surface area contributed by atoms with Crippen molar-refractivity contribution in [3.63, 3.8) is 0 Å². The predicted octanol–water partition coefficient (Wildman–Crippen LogP) is 5.54. The molecule has 2 aromatic rings. The van der Waals surface area contributed by atoms with Crippen molar-refractivity contribution in [2.24, 2.45) is 0 Å². The highest BCUT2D eigenvalue weighted by molar-refractivity contribution is 5.75. The minimum absolute atomic E-state index is 0.532. The molecule has 0 aromatic heterocycles. The van der Waals surface area contributed by atoms with Gasteiger partial charge in [0.05, 0.1) is 6.61 Å². The number of ether oxygens (including phenoxy) is 1. The maximum absolute atomic E-state index is 6.02. The second kappa shape index (κ2) is 5.55. The Morgan fingerprint density at radius 1 is 0.810 bits per heavy atom. The van der Waals surface area contributed by atoms with Gasteiger partial charge in [0.2, 0.25) is 0 Å². The SMILES string of the molecule is CC(C)c1ccc2c(c1)CCOc1cc(C(C)C)ccc1-2. The second-order valence-electron chi connectivity index (χ2n) is 6.58. The average Bonchev–Trinajstić information content (AvgIpc) is 2.64. The first-order valence-corrected chi connectivity index (χ1v) is 7.96. The normalized spacial score (nSPS) is 13.6. The molecule has 0 atom stereocenters. The minimum Gasteiger partial charge on any atom is -0.493 e. The first-order chi connectivity index (χ1) is 10.1. The van der Waals surface area contributed by atoms with Gasteiger partial charge in [0.15, 0.2) is 0 Å². The largest absolute Gasteiger partial charge is 0.493 e. The van der Waals surface area contributed by atoms with E-state index in [0.717, 1.165) is 18.8 Å². The van der Waals surface area contributed by atoms with Crippen molar-refractivity contribution in [3.8, 4) is 16.9 Å². The van der Waals surface area contributed by atoms with Gasteiger partial charge in [-0.1, -0.05) is 58.0 Å². The molecule has 21 heavy (non-hydrogen) atoms. The Morgan fingerprint density at radius 3 is 2.10 bits per heavy atom. The van der Waals surface area contributed by atoms with Gasteiger partial charge in [0.1, 0.15) is 5.75 Å². The van der Waals surface area contributed by atoms with Gasteiger partial charge in [-0.2, -0.15) is 0 Å². The van der Waals surface area contributed by atoms with Gasteiger partial charge < -0.3 is 4.74 Å². The molecule has 1 aliphatic rings. The van der Waals surface area contributed by atoms with Crippen LogP contribution < -0.4 is 4.74 Å². The molecular weight excluding hydrogens is 256 g/mol. The smallest absolute Gasteiger partial charge is 0.127 e. The van der Waals surface area contributed by atoms with E-state index in [0.29, 0.717) is 11.8 Å². The number of hydrogen-bond acceptors (Lipinski definition) is 1. The minimum atomic E-state index is 0.532. The highest BCUT2D eigenvalue weighted by Crippen LogP contribution is 2.38. The van der Waals surface area contributed by atoms with Crippen LogP contribution in [0, 0.1) is 0 Å². The Labute approximate surface area is 128 Å². The fourth-order valence-electron chi connectivity index (χ4n) is 2.95. The van der Waals surface area contributed by atoms with E-state index in [1.807, 2.05) is 0 Å². The summed E-state index contributed by atoms with van der Waals surface area (Å²) in [5.41, 5.74) is 6.74. The van der Waals surface area contributed by atoms with Crippen molar-refractivity contribution < 1.29 is 4.74 Å². The molecule has 0 unspecified atom stereocenters. The number of hydrogen-bond donors (Lipinski definition) is 0. The zero-order valence-electron chi connectivity index (χ0n) is 13.4. The van der Waals surface area contributed by atoms with Crippen LogP contribution >= 0.6 is 0 Å². The molecule has 0 spiro atoms. The van der Waals surface area contributed by atoms with Gasteiger partial charge in [0.25, 0.3) is 0 Å². The van der Waals surface area contributed by atoms with Crippen molar-refractivity contribution in [2.45, 2.75) is 46.0 Å². The maximum atomic E-state index is 6.02. The number of benzene rings is 2. The maximum Gasteiger partial charge on any atom is 0.127 e. The summed E-state index contributed by atoms with van der Waals surface area (Å²) in [7, 11) is 0. The van der Waals surface area contributed by atoms with Gasteiger partial charge >= 0.3 is 0 Å². The summed E-state index contributed by atoms with van der Waals surface area (Å²) in [5, 5.41) is 0. The molecule has 0 radical (unpaired) electrons. The van der Waals surface area contributed by atoms with Gasteiger partial charge in [-0.3, -0.25) is 0 Å². The fourth-order valence-corrected chi connectivity index (χ4v) is 2.95. The molecule has 2 aromatic carbocycles. The van der Waals surface area contributed by atoms with Crippen LogP contribution in [0.2, 0.25) is 0 Å². The molecule has 0 bridgehead atoms. The van der Waals surface area contributed by atoms with Crippen molar-refractivity contribution in [2.75, 3.05) is 6.61 Å². The van der Waals surface area contributed by atoms with E-state index in [1.165, 1.54) is 27.8 Å². The molecule has 0 saturated heterocycles. The summed E-state index contributed by atoms with van der Waals surface area (Å²) in [6.07, 6.45) is 0.988. The summed E-state index contributed by atoms with van der Waals surface area (Å²) in [6, 6.07) is 13.6. The van der Waals surface area contributed by atoms with E-state index >= 15 is 0 Å². The Bertz CT molecular complexity index is 595. The van der Waals surface area contributed by atoms with Crippen LogP contribution in [-0.4, -0.2) is 6.61 Å². The summed E-state index contributed by atoms with van der Waals surface area (Å²) in [5.74, 6) is 2.14. The summed E-state index contributed by atoms with van der Waals surface area (Å²) in [4.78, 5) is 0. The summed E-state index contributed by atoms with van der Waals surface area (Å²) >= 11 is 0. The third-order valence-corrected chi connectivity index (χ3v) is 4.39. The number of rotatable bonds is 2. The van der Waals surface area contributed by atoms with Gasteiger partial charge in [-0.05, 0) is 40.2 Å². The molecular formula is C20H24O. The van der Waals surface area contributed by atoms with Crippen LogP contribution in [0.15, 0.2) is 36.4 Å². The molecule has 0 saturated carbocycles. The van der Waals surface area contributed by atoms with Crippen molar-refractivity contribution in [1.29, 1.82) is 0 Å². The monoisotopic (exact) mass is 280 g/mol. The second-order valence-corrected chi connectivity index (χ2v) is 6.58. The van der Waals surface area contributed by atoms with Crippen LogP contribution in [0.5, 0.6) is 5.75 Å². The van der Waals surface area contributed by atoms with E-state index in [9.17, 15) is 0 Å². The zero-order chi connectivity index (χ0) is 15.0. The summed E-state index contributed by atoms with van der Waals surface area (Å²) in [6.45, 7) is 9.71. The molecule has 1 heteroatoms. The molecule has 0 fully saturated rings. The quantitative estimate of drug-likeness (QED) is 0.702. The van der Waals surface area contributed by atoms with Crippen molar-refractivity contribution in [3.05, 3.63) is 53.1 Å². The lowest BCUT2D eigenvalue weighted by molar-refractivity contribution is 0.326. The predicted molar refractivity (Wildman–Crippen MR) is 89.3 cm³/mol. The van der Waals surface area contributed by atoms with E-state index in [1.54, 1.807) is 0 Å². The molecule has 3 rings (SSSR count). The Morgan fingerprint density at radius 2 is 1.43 bits per heavy atom. The first kappa shape index (κ1) is 14.2. The van der Waals surface area contributed by atoms with Crippen LogP contribution in [0.3, 0.4) is 0 Å². The van der Waals surface area contributed by atoms with Crippen LogP contribution in [-0.2, 0) is 6.42 Å². The molecule has 0 N–H and O–H groups in total. The molecule has 0 amide bonds. The van der Waals surface area contributed by atoms with Crippen molar-refractivity contribution in [1.82, 2.24) is 0 Å². The average molecular weight is 280 g/mol. The highest BCUT2D eigenvalue weighted by atomic mass is 16.5. The Kier molecular flexibility index (Phi) is 3.75. The molecule has 0 aliphatic carbocycles. The standard InChI is InChI=1S/C20H24O/c1-13(2)15-5-7-18-17(11-15)9-10-21-20-12-16(14(3)4)6-8-19(18)20/h5-8,11-14H,9-10H2,1-4H3. The lowest BCUT2D eigenvalue weighted by Gasteiger charge is -2.14. The van der Waals surface area contributed by atoms with E-state index in [4.69, 9.17) is 4.74 Å².